The molecule has 0 bridgehead atoms. The van der Waals surface area contributed by atoms with Gasteiger partial charge in [-0.15, -0.1) is 0 Å². The zero-order valence-corrected chi connectivity index (χ0v) is 25.5. The Morgan fingerprint density at radius 2 is 1.45 bits per heavy atom. The van der Waals surface area contributed by atoms with Gasteiger partial charge in [0.25, 0.3) is 0 Å². The molecule has 5 rings (SSSR count). The third-order valence-electron chi connectivity index (χ3n) is 8.47. The summed E-state index contributed by atoms with van der Waals surface area (Å²) in [5.74, 6) is -1.20. The van der Waals surface area contributed by atoms with Crippen LogP contribution >= 0.6 is 0 Å². The average Bonchev–Trinajstić information content (AvgIpc) is 3.45. The van der Waals surface area contributed by atoms with Crippen LogP contribution in [0.1, 0.15) is 69.2 Å². The number of para-hydroxylation sites is 1. The molecule has 8 heteroatoms. The first kappa shape index (κ1) is 30.3. The van der Waals surface area contributed by atoms with Crippen molar-refractivity contribution in [3.63, 3.8) is 0 Å². The van der Waals surface area contributed by atoms with Gasteiger partial charge in [-0.1, -0.05) is 61.9 Å². The Hall–Kier alpha value is -3.17. The quantitative estimate of drug-likeness (QED) is 0.187. The molecule has 2 heterocycles. The van der Waals surface area contributed by atoms with Gasteiger partial charge >= 0.3 is 0 Å². The fourth-order valence-electron chi connectivity index (χ4n) is 6.28. The maximum absolute atomic E-state index is 11.7. The fraction of sp³-hybridized carbons (Fsp3) is 0.500. The van der Waals surface area contributed by atoms with Gasteiger partial charge in [-0.2, -0.15) is 5.10 Å². The molecule has 1 fully saturated rings. The highest BCUT2D eigenvalue weighted by Gasteiger charge is 2.54. The molecule has 0 radical (unpaired) electrons. The number of aliphatic hydroxyl groups excluding tert-OH is 2. The van der Waals surface area contributed by atoms with Crippen LogP contribution in [0, 0.1) is 6.92 Å². The summed E-state index contributed by atoms with van der Waals surface area (Å²) >= 11 is 0. The minimum atomic E-state index is -0.902. The van der Waals surface area contributed by atoms with E-state index in [-0.39, 0.29) is 5.88 Å². The lowest BCUT2D eigenvalue weighted by Gasteiger charge is -2.47. The maximum atomic E-state index is 11.7. The number of nitrogens with zero attached hydrogens (tertiary/aromatic N) is 3. The largest absolute Gasteiger partial charge is 0.493 e. The minimum absolute atomic E-state index is 0.0159. The van der Waals surface area contributed by atoms with E-state index in [0.717, 1.165) is 47.2 Å². The lowest BCUT2D eigenvalue weighted by Crippen LogP contribution is -2.52. The number of hydrogen-bond donors (Lipinski definition) is 3. The molecule has 2 unspecified atom stereocenters. The van der Waals surface area contributed by atoms with Gasteiger partial charge < -0.3 is 29.4 Å². The molecule has 0 saturated heterocycles. The molecule has 42 heavy (non-hydrogen) atoms. The van der Waals surface area contributed by atoms with Crippen LogP contribution in [0.15, 0.2) is 54.6 Å². The smallest absolute Gasteiger partial charge is 0.214 e. The van der Waals surface area contributed by atoms with Crippen molar-refractivity contribution in [2.75, 3.05) is 26.4 Å². The lowest BCUT2D eigenvalue weighted by atomic mass is 9.62. The summed E-state index contributed by atoms with van der Waals surface area (Å²) in [7, 11) is 0. The molecular formula is C34H45N3O5. The van der Waals surface area contributed by atoms with Crippen LogP contribution < -0.4 is 0 Å². The molecular weight excluding hydrogens is 530 g/mol. The second kappa shape index (κ2) is 12.6. The van der Waals surface area contributed by atoms with Crippen molar-refractivity contribution in [2.24, 2.45) is 0 Å². The Bertz CT molecular complexity index is 1480. The van der Waals surface area contributed by atoms with Crippen LogP contribution in [0.25, 0.3) is 22.2 Å². The van der Waals surface area contributed by atoms with Crippen LogP contribution in [0.5, 0.6) is 5.88 Å². The summed E-state index contributed by atoms with van der Waals surface area (Å²) in [4.78, 5) is 0. The fourth-order valence-corrected chi connectivity index (χ4v) is 6.28. The number of rotatable bonds is 12. The van der Waals surface area contributed by atoms with Crippen LogP contribution in [-0.2, 0) is 21.6 Å². The molecule has 1 aliphatic carbocycles. The minimum Gasteiger partial charge on any atom is -0.493 e. The highest BCUT2D eigenvalue weighted by Crippen LogP contribution is 2.55. The van der Waals surface area contributed by atoms with Crippen molar-refractivity contribution >= 4 is 10.9 Å². The summed E-state index contributed by atoms with van der Waals surface area (Å²) in [5, 5.41) is 40.7. The van der Waals surface area contributed by atoms with Crippen molar-refractivity contribution in [1.29, 1.82) is 0 Å². The predicted molar refractivity (Wildman–Crippen MR) is 165 cm³/mol. The van der Waals surface area contributed by atoms with Crippen molar-refractivity contribution in [3.8, 4) is 17.1 Å². The normalized spacial score (nSPS) is 20.7. The number of aromatic nitrogens is 3. The van der Waals surface area contributed by atoms with Crippen LogP contribution in [-0.4, -0.2) is 68.3 Å². The van der Waals surface area contributed by atoms with Gasteiger partial charge in [0, 0.05) is 47.1 Å². The van der Waals surface area contributed by atoms with Gasteiger partial charge in [-0.3, -0.25) is 0 Å². The second-order valence-corrected chi connectivity index (χ2v) is 12.3. The van der Waals surface area contributed by atoms with E-state index in [0.29, 0.717) is 37.6 Å². The van der Waals surface area contributed by atoms with E-state index in [1.807, 2.05) is 76.2 Å². The highest BCUT2D eigenvalue weighted by molar-refractivity contribution is 5.87. The Morgan fingerprint density at radius 1 is 0.833 bits per heavy atom. The molecule has 1 saturated carbocycles. The zero-order valence-electron chi connectivity index (χ0n) is 25.5. The Balaban J connectivity index is 1.42. The van der Waals surface area contributed by atoms with Crippen molar-refractivity contribution in [1.82, 2.24) is 14.3 Å². The number of aliphatic hydroxyl groups is 2. The van der Waals surface area contributed by atoms with Crippen molar-refractivity contribution in [2.45, 2.75) is 83.6 Å². The van der Waals surface area contributed by atoms with E-state index in [1.165, 1.54) is 0 Å². The molecule has 2 atom stereocenters. The number of aromatic hydroxyl groups is 1. The number of hydrogen-bond acceptors (Lipinski definition) is 6. The van der Waals surface area contributed by atoms with Gasteiger partial charge in [0.15, 0.2) is 0 Å². The predicted octanol–water partition coefficient (Wildman–Crippen LogP) is 5.71. The van der Waals surface area contributed by atoms with Gasteiger partial charge in [-0.25, -0.2) is 4.68 Å². The molecule has 2 aromatic carbocycles. The number of fused-ring (bicyclic) bond motifs is 1. The Labute approximate surface area is 248 Å². The molecule has 4 aromatic rings. The van der Waals surface area contributed by atoms with Crippen LogP contribution in [0.3, 0.4) is 0 Å². The zero-order chi connectivity index (χ0) is 30.0. The molecule has 8 nitrogen and oxygen atoms in total. The van der Waals surface area contributed by atoms with Gasteiger partial charge in [0.2, 0.25) is 5.88 Å². The molecule has 0 amide bonds. The lowest BCUT2D eigenvalue weighted by molar-refractivity contribution is -0.0788. The summed E-state index contributed by atoms with van der Waals surface area (Å²) in [5.41, 5.74) is 4.40. The van der Waals surface area contributed by atoms with E-state index in [2.05, 4.69) is 17.6 Å². The SMILES string of the molecule is CCCCOCCOCCn1c(C)c(C2C(O)C(c3c(-c4ccccc4)nn(C(C)(C)C)c3O)C2O)c2ccccc21. The second-order valence-electron chi connectivity index (χ2n) is 12.3. The third-order valence-corrected chi connectivity index (χ3v) is 8.47. The summed E-state index contributed by atoms with van der Waals surface area (Å²) in [6.07, 6.45) is 0.369. The van der Waals surface area contributed by atoms with Gasteiger partial charge in [-0.05, 0) is 45.7 Å². The number of benzene rings is 2. The Kier molecular flexibility index (Phi) is 9.08. The van der Waals surface area contributed by atoms with Gasteiger partial charge in [0.1, 0.15) is 0 Å². The summed E-state index contributed by atoms with van der Waals surface area (Å²) < 4.78 is 15.3. The first-order chi connectivity index (χ1) is 20.2. The first-order valence-corrected chi connectivity index (χ1v) is 15.1. The molecule has 0 spiro atoms. The van der Waals surface area contributed by atoms with E-state index in [1.54, 1.807) is 4.68 Å². The average molecular weight is 576 g/mol. The third kappa shape index (κ3) is 5.61. The molecule has 0 aliphatic heterocycles. The van der Waals surface area contributed by atoms with E-state index >= 15 is 0 Å². The van der Waals surface area contributed by atoms with Crippen molar-refractivity contribution in [3.05, 3.63) is 71.4 Å². The van der Waals surface area contributed by atoms with Gasteiger partial charge in [0.05, 0.1) is 48.8 Å². The summed E-state index contributed by atoms with van der Waals surface area (Å²) in [6, 6.07) is 17.8. The van der Waals surface area contributed by atoms with Crippen molar-refractivity contribution < 1.29 is 24.8 Å². The summed E-state index contributed by atoms with van der Waals surface area (Å²) in [6.45, 7) is 13.2. The molecule has 1 aliphatic rings. The highest BCUT2D eigenvalue weighted by atomic mass is 16.5. The van der Waals surface area contributed by atoms with Crippen LogP contribution in [0.2, 0.25) is 0 Å². The molecule has 226 valence electrons. The van der Waals surface area contributed by atoms with E-state index < -0.39 is 29.6 Å². The van der Waals surface area contributed by atoms with E-state index in [9.17, 15) is 15.3 Å². The molecule has 2 aromatic heterocycles. The Morgan fingerprint density at radius 3 is 2.12 bits per heavy atom. The topological polar surface area (TPSA) is 102 Å². The molecule has 3 N–H and O–H groups in total. The maximum Gasteiger partial charge on any atom is 0.214 e. The monoisotopic (exact) mass is 575 g/mol. The van der Waals surface area contributed by atoms with Crippen LogP contribution in [0.4, 0.5) is 0 Å². The standard InChI is InChI=1S/C34H45N3O5/c1-6-7-18-41-20-21-42-19-17-36-22(2)26(24-15-11-12-16-25(24)36)28-31(38)29(32(28)39)27-30(23-13-9-8-10-14-23)35-37(33(27)40)34(3,4)5/h8-16,28-29,31-32,38-40H,6-7,17-21H2,1-5H3. The first-order valence-electron chi connectivity index (χ1n) is 15.1. The number of unbranched alkanes of at least 4 members (excludes halogenated alkanes) is 1. The number of ether oxygens (including phenoxy) is 2. The van der Waals surface area contributed by atoms with E-state index in [4.69, 9.17) is 14.6 Å².